The third-order valence-electron chi connectivity index (χ3n) is 2.23. The number of nitrogens with zero attached hydrogens (tertiary/aromatic N) is 2. The van der Waals surface area contributed by atoms with E-state index in [4.69, 9.17) is 14.0 Å². The van der Waals surface area contributed by atoms with Gasteiger partial charge in [0.25, 0.3) is 5.89 Å². The average molecular weight is 254 g/mol. The number of aliphatic hydroxyl groups is 1. The molecule has 0 saturated carbocycles. The van der Waals surface area contributed by atoms with Crippen molar-refractivity contribution >= 4 is 11.8 Å². The molecular weight excluding hydrogens is 240 g/mol. The molecule has 2 aromatic rings. The Morgan fingerprint density at radius 2 is 2.41 bits per heavy atom. The number of hydrogen-bond donors (Lipinski definition) is 1. The fourth-order valence-electron chi connectivity index (χ4n) is 1.29. The first-order valence-corrected chi connectivity index (χ1v) is 6.43. The van der Waals surface area contributed by atoms with Gasteiger partial charge in [0, 0.05) is 11.9 Å². The van der Waals surface area contributed by atoms with Crippen molar-refractivity contribution in [2.24, 2.45) is 0 Å². The van der Waals surface area contributed by atoms with E-state index in [-0.39, 0.29) is 6.61 Å². The third-order valence-corrected chi connectivity index (χ3v) is 3.46. The van der Waals surface area contributed by atoms with E-state index < -0.39 is 0 Å². The van der Waals surface area contributed by atoms with E-state index in [1.54, 1.807) is 30.2 Å². The van der Waals surface area contributed by atoms with Crippen LogP contribution in [-0.2, 0) is 5.75 Å². The molecule has 17 heavy (non-hydrogen) atoms. The molecule has 1 unspecified atom stereocenters. The highest BCUT2D eigenvalue weighted by Crippen LogP contribution is 2.21. The van der Waals surface area contributed by atoms with Gasteiger partial charge in [-0.3, -0.25) is 0 Å². The first-order valence-electron chi connectivity index (χ1n) is 5.38. The Morgan fingerprint density at radius 1 is 1.53 bits per heavy atom. The molecule has 2 aromatic heterocycles. The molecule has 0 aliphatic carbocycles. The van der Waals surface area contributed by atoms with E-state index in [1.807, 2.05) is 0 Å². The Labute approximate surface area is 103 Å². The molecule has 0 amide bonds. The van der Waals surface area contributed by atoms with E-state index in [0.717, 1.165) is 6.42 Å². The predicted octanol–water partition coefficient (Wildman–Crippen LogP) is 2.33. The second kappa shape index (κ2) is 5.88. The number of hydrogen-bond acceptors (Lipinski definition) is 6. The molecule has 6 heteroatoms. The zero-order chi connectivity index (χ0) is 12.1. The summed E-state index contributed by atoms with van der Waals surface area (Å²) >= 11 is 1.69. The Balaban J connectivity index is 1.91. The Hall–Kier alpha value is -1.27. The summed E-state index contributed by atoms with van der Waals surface area (Å²) in [5.74, 6) is 2.30. The SMILES string of the molecule is CC(CCO)SCc1noc(-c2ccco2)n1. The lowest BCUT2D eigenvalue weighted by Crippen LogP contribution is -2.00. The van der Waals surface area contributed by atoms with Crippen molar-refractivity contribution in [3.05, 3.63) is 24.2 Å². The van der Waals surface area contributed by atoms with Crippen LogP contribution in [0.3, 0.4) is 0 Å². The predicted molar refractivity (Wildman–Crippen MR) is 64.5 cm³/mol. The van der Waals surface area contributed by atoms with Crippen molar-refractivity contribution in [2.75, 3.05) is 6.61 Å². The maximum atomic E-state index is 8.79. The molecule has 0 radical (unpaired) electrons. The van der Waals surface area contributed by atoms with Gasteiger partial charge in [-0.2, -0.15) is 16.7 Å². The Kier molecular flexibility index (Phi) is 4.22. The summed E-state index contributed by atoms with van der Waals surface area (Å²) in [7, 11) is 0. The summed E-state index contributed by atoms with van der Waals surface area (Å²) in [5, 5.41) is 13.0. The topological polar surface area (TPSA) is 72.3 Å². The van der Waals surface area contributed by atoms with Gasteiger partial charge in [-0.05, 0) is 18.6 Å². The molecule has 0 saturated heterocycles. The lowest BCUT2D eigenvalue weighted by Gasteiger charge is -2.06. The third kappa shape index (κ3) is 3.34. The zero-order valence-corrected chi connectivity index (χ0v) is 10.3. The normalized spacial score (nSPS) is 12.8. The number of aromatic nitrogens is 2. The molecule has 0 aliphatic rings. The van der Waals surface area contributed by atoms with Crippen LogP contribution in [0.25, 0.3) is 11.7 Å². The second-order valence-corrected chi connectivity index (χ2v) is 5.05. The molecule has 0 spiro atoms. The Morgan fingerprint density at radius 3 is 3.12 bits per heavy atom. The highest BCUT2D eigenvalue weighted by Gasteiger charge is 2.12. The van der Waals surface area contributed by atoms with E-state index in [0.29, 0.717) is 28.5 Å². The molecule has 0 aliphatic heterocycles. The monoisotopic (exact) mass is 254 g/mol. The van der Waals surface area contributed by atoms with Crippen LogP contribution in [0.2, 0.25) is 0 Å². The molecule has 0 fully saturated rings. The van der Waals surface area contributed by atoms with Crippen LogP contribution in [0.15, 0.2) is 27.3 Å². The largest absolute Gasteiger partial charge is 0.459 e. The van der Waals surface area contributed by atoms with Crippen molar-refractivity contribution in [3.8, 4) is 11.7 Å². The van der Waals surface area contributed by atoms with Gasteiger partial charge < -0.3 is 14.0 Å². The highest BCUT2D eigenvalue weighted by atomic mass is 32.2. The van der Waals surface area contributed by atoms with E-state index in [1.165, 1.54) is 0 Å². The Bertz CT molecular complexity index is 441. The van der Waals surface area contributed by atoms with Gasteiger partial charge in [0.1, 0.15) is 0 Å². The van der Waals surface area contributed by atoms with Gasteiger partial charge in [0.15, 0.2) is 11.6 Å². The van der Waals surface area contributed by atoms with Crippen LogP contribution in [0, 0.1) is 0 Å². The van der Waals surface area contributed by atoms with Crippen LogP contribution in [0.5, 0.6) is 0 Å². The minimum absolute atomic E-state index is 0.206. The van der Waals surface area contributed by atoms with E-state index >= 15 is 0 Å². The summed E-state index contributed by atoms with van der Waals surface area (Å²) in [6, 6.07) is 3.55. The molecule has 1 N–H and O–H groups in total. The van der Waals surface area contributed by atoms with E-state index in [2.05, 4.69) is 17.1 Å². The van der Waals surface area contributed by atoms with Gasteiger partial charge in [0.2, 0.25) is 0 Å². The van der Waals surface area contributed by atoms with Gasteiger partial charge in [-0.15, -0.1) is 0 Å². The first-order chi connectivity index (χ1) is 8.29. The quantitative estimate of drug-likeness (QED) is 0.853. The fraction of sp³-hybridized carbons (Fsp3) is 0.455. The summed E-state index contributed by atoms with van der Waals surface area (Å²) in [6.45, 7) is 2.27. The van der Waals surface area contributed by atoms with Crippen molar-refractivity contribution in [1.82, 2.24) is 10.1 Å². The summed E-state index contributed by atoms with van der Waals surface area (Å²) in [6.07, 6.45) is 2.34. The van der Waals surface area contributed by atoms with E-state index in [9.17, 15) is 0 Å². The molecule has 5 nitrogen and oxygen atoms in total. The maximum Gasteiger partial charge on any atom is 0.293 e. The van der Waals surface area contributed by atoms with Gasteiger partial charge >= 0.3 is 0 Å². The van der Waals surface area contributed by atoms with Gasteiger partial charge in [-0.1, -0.05) is 12.1 Å². The van der Waals surface area contributed by atoms with Crippen molar-refractivity contribution in [3.63, 3.8) is 0 Å². The minimum atomic E-state index is 0.206. The van der Waals surface area contributed by atoms with Gasteiger partial charge in [0.05, 0.1) is 12.0 Å². The molecule has 0 aromatic carbocycles. The number of thioether (sulfide) groups is 1. The molecule has 2 rings (SSSR count). The minimum Gasteiger partial charge on any atom is -0.459 e. The smallest absolute Gasteiger partial charge is 0.293 e. The molecule has 2 heterocycles. The summed E-state index contributed by atoms with van der Waals surface area (Å²) in [4.78, 5) is 4.23. The van der Waals surface area contributed by atoms with Crippen molar-refractivity contribution in [2.45, 2.75) is 24.3 Å². The summed E-state index contributed by atoms with van der Waals surface area (Å²) < 4.78 is 10.2. The second-order valence-electron chi connectivity index (χ2n) is 3.63. The van der Waals surface area contributed by atoms with Crippen molar-refractivity contribution < 1.29 is 14.0 Å². The van der Waals surface area contributed by atoms with Crippen molar-refractivity contribution in [1.29, 1.82) is 0 Å². The zero-order valence-electron chi connectivity index (χ0n) is 9.50. The molecular formula is C11H14N2O3S. The standard InChI is InChI=1S/C11H14N2O3S/c1-8(4-5-14)17-7-10-12-11(16-13-10)9-3-2-6-15-9/h2-3,6,8,14H,4-5,7H2,1H3. The molecule has 0 bridgehead atoms. The fourth-order valence-corrected chi connectivity index (χ4v) is 2.12. The van der Waals surface area contributed by atoms with Crippen LogP contribution < -0.4 is 0 Å². The molecule has 1 atom stereocenters. The number of furan rings is 1. The summed E-state index contributed by atoms with van der Waals surface area (Å²) in [5.41, 5.74) is 0. The van der Waals surface area contributed by atoms with Crippen LogP contribution in [0.4, 0.5) is 0 Å². The van der Waals surface area contributed by atoms with Crippen LogP contribution >= 0.6 is 11.8 Å². The molecule has 92 valence electrons. The van der Waals surface area contributed by atoms with Crippen LogP contribution in [0.1, 0.15) is 19.2 Å². The lowest BCUT2D eigenvalue weighted by atomic mass is 10.3. The van der Waals surface area contributed by atoms with Gasteiger partial charge in [-0.25, -0.2) is 0 Å². The first kappa shape index (κ1) is 12.2. The number of aliphatic hydroxyl groups excluding tert-OH is 1. The maximum absolute atomic E-state index is 8.79. The lowest BCUT2D eigenvalue weighted by molar-refractivity contribution is 0.289. The average Bonchev–Trinajstić information content (AvgIpc) is 2.97. The number of rotatable bonds is 6. The highest BCUT2D eigenvalue weighted by molar-refractivity contribution is 7.99. The van der Waals surface area contributed by atoms with Crippen LogP contribution in [-0.4, -0.2) is 27.1 Å².